The van der Waals surface area contributed by atoms with Crippen LogP contribution in [0, 0.1) is 0 Å². The van der Waals surface area contributed by atoms with E-state index in [4.69, 9.17) is 5.73 Å². The minimum Gasteiger partial charge on any atom is -0.388 e. The molecule has 4 nitrogen and oxygen atoms in total. The van der Waals surface area contributed by atoms with Gasteiger partial charge in [0.25, 0.3) is 0 Å². The smallest absolute Gasteiger partial charge is 0.323 e. The van der Waals surface area contributed by atoms with Gasteiger partial charge in [0.1, 0.15) is 0 Å². The van der Waals surface area contributed by atoms with Gasteiger partial charge in [-0.15, -0.1) is 0 Å². The lowest BCUT2D eigenvalue weighted by Gasteiger charge is -2.29. The standard InChI is InChI=1S/C39H30N2O2/c40-39(43)41(36-16-5-10-24-8-1-3-11-26(24)36)38-27-12-4-2-9-25(27)18-19-35(38)30-14-6-13-28-31(30)20-21-33-29-15-7-17-37(42)34(29)23-22-32(28)33/h1-16,18-21,37,42H,17,22-23H2,(H2,40,43). The molecule has 2 amide bonds. The number of allylic oxidation sites excluding steroid dienone is 2. The monoisotopic (exact) mass is 558 g/mol. The molecular weight excluding hydrogens is 528 g/mol. The number of fused-ring (bicyclic) bond motifs is 6. The quantitative estimate of drug-likeness (QED) is 0.228. The number of carbonyl (C=O) groups excluding carboxylic acids is 1. The summed E-state index contributed by atoms with van der Waals surface area (Å²) in [7, 11) is 0. The van der Waals surface area contributed by atoms with E-state index in [1.54, 1.807) is 4.90 Å². The number of carbonyl (C=O) groups is 1. The van der Waals surface area contributed by atoms with Crippen LogP contribution in [0.4, 0.5) is 16.2 Å². The molecule has 0 heterocycles. The Bertz CT molecular complexity index is 2170. The molecule has 0 bridgehead atoms. The van der Waals surface area contributed by atoms with Crippen molar-refractivity contribution in [1.82, 2.24) is 0 Å². The molecule has 4 heteroatoms. The molecule has 1 unspecified atom stereocenters. The van der Waals surface area contributed by atoms with E-state index in [1.165, 1.54) is 16.5 Å². The minimum absolute atomic E-state index is 0.399. The number of aryl methyl sites for hydroxylation is 1. The number of hydrogen-bond donors (Lipinski definition) is 2. The van der Waals surface area contributed by atoms with Gasteiger partial charge in [0, 0.05) is 16.3 Å². The third-order valence-electron chi connectivity index (χ3n) is 9.14. The lowest BCUT2D eigenvalue weighted by atomic mass is 9.78. The number of nitrogens with zero attached hydrogens (tertiary/aromatic N) is 1. The molecule has 0 spiro atoms. The number of urea groups is 1. The van der Waals surface area contributed by atoms with E-state index in [0.717, 1.165) is 73.4 Å². The number of primary amides is 1. The first-order valence-electron chi connectivity index (χ1n) is 14.8. The second-order valence-corrected chi connectivity index (χ2v) is 11.4. The van der Waals surface area contributed by atoms with Crippen molar-refractivity contribution in [3.8, 4) is 11.1 Å². The Morgan fingerprint density at radius 1 is 0.674 bits per heavy atom. The number of rotatable bonds is 3. The summed E-state index contributed by atoms with van der Waals surface area (Å²) in [6.07, 6.45) is 6.27. The fourth-order valence-electron chi connectivity index (χ4n) is 7.21. The van der Waals surface area contributed by atoms with Crippen LogP contribution in [0.2, 0.25) is 0 Å². The zero-order valence-electron chi connectivity index (χ0n) is 23.6. The van der Waals surface area contributed by atoms with Gasteiger partial charge in [-0.05, 0) is 74.7 Å². The van der Waals surface area contributed by atoms with Crippen LogP contribution in [0.5, 0.6) is 0 Å². The Morgan fingerprint density at radius 2 is 1.37 bits per heavy atom. The van der Waals surface area contributed by atoms with Crippen LogP contribution in [-0.2, 0) is 6.42 Å². The molecule has 8 rings (SSSR count). The highest BCUT2D eigenvalue weighted by atomic mass is 16.3. The topological polar surface area (TPSA) is 66.6 Å². The van der Waals surface area contributed by atoms with Gasteiger partial charge >= 0.3 is 6.03 Å². The SMILES string of the molecule is NC(=O)N(c1cccc2ccccc12)c1c(-c2cccc3c4c(ccc23)C2=C(CC4)C(O)CC=C2)ccc2ccccc12. The molecule has 2 aliphatic carbocycles. The number of aliphatic hydroxyl groups excluding tert-OH is 1. The van der Waals surface area contributed by atoms with E-state index in [-0.39, 0.29) is 0 Å². The van der Waals surface area contributed by atoms with E-state index in [0.29, 0.717) is 6.42 Å². The van der Waals surface area contributed by atoms with Gasteiger partial charge in [0.15, 0.2) is 0 Å². The predicted octanol–water partition coefficient (Wildman–Crippen LogP) is 9.05. The Morgan fingerprint density at radius 3 is 2.21 bits per heavy atom. The van der Waals surface area contributed by atoms with Gasteiger partial charge in [-0.3, -0.25) is 4.90 Å². The lowest BCUT2D eigenvalue weighted by molar-refractivity contribution is 0.209. The van der Waals surface area contributed by atoms with Crippen LogP contribution in [-0.4, -0.2) is 17.2 Å². The summed E-state index contributed by atoms with van der Waals surface area (Å²) in [5, 5.41) is 17.0. The molecule has 0 aromatic heterocycles. The molecule has 208 valence electrons. The number of benzene rings is 6. The Hall–Kier alpha value is -5.19. The van der Waals surface area contributed by atoms with E-state index in [2.05, 4.69) is 78.9 Å². The van der Waals surface area contributed by atoms with Gasteiger partial charge in [0.2, 0.25) is 0 Å². The summed E-state index contributed by atoms with van der Waals surface area (Å²) in [5.74, 6) is 0. The van der Waals surface area contributed by atoms with Gasteiger partial charge in [-0.2, -0.15) is 0 Å². The van der Waals surface area contributed by atoms with E-state index < -0.39 is 12.1 Å². The number of anilines is 2. The molecule has 6 aromatic carbocycles. The van der Waals surface area contributed by atoms with Crippen molar-refractivity contribution >= 4 is 55.3 Å². The maximum atomic E-state index is 13.5. The molecule has 0 fully saturated rings. The first kappa shape index (κ1) is 25.5. The van der Waals surface area contributed by atoms with E-state index in [1.807, 2.05) is 42.5 Å². The van der Waals surface area contributed by atoms with Gasteiger partial charge in [-0.1, -0.05) is 115 Å². The molecule has 0 saturated carbocycles. The molecule has 3 N–H and O–H groups in total. The summed E-state index contributed by atoms with van der Waals surface area (Å²) >= 11 is 0. The predicted molar refractivity (Wildman–Crippen MR) is 178 cm³/mol. The van der Waals surface area contributed by atoms with Crippen LogP contribution in [0.25, 0.3) is 49.0 Å². The maximum Gasteiger partial charge on any atom is 0.323 e. The molecule has 43 heavy (non-hydrogen) atoms. The van der Waals surface area contributed by atoms with Crippen LogP contribution in [0.1, 0.15) is 24.0 Å². The Balaban J connectivity index is 1.41. The molecule has 6 aromatic rings. The number of amides is 2. The van der Waals surface area contributed by atoms with Crippen molar-refractivity contribution in [2.75, 3.05) is 4.90 Å². The van der Waals surface area contributed by atoms with Gasteiger partial charge in [0.05, 0.1) is 17.5 Å². The fraction of sp³-hybridized carbons (Fsp3) is 0.103. The zero-order valence-corrected chi connectivity index (χ0v) is 23.6. The number of aliphatic hydroxyl groups is 1. The highest BCUT2D eigenvalue weighted by Gasteiger charge is 2.27. The molecule has 0 radical (unpaired) electrons. The molecule has 0 saturated heterocycles. The lowest BCUT2D eigenvalue weighted by Crippen LogP contribution is -2.32. The van der Waals surface area contributed by atoms with Crippen molar-refractivity contribution in [2.45, 2.75) is 25.4 Å². The second-order valence-electron chi connectivity index (χ2n) is 11.4. The van der Waals surface area contributed by atoms with Crippen LogP contribution in [0.15, 0.2) is 127 Å². The van der Waals surface area contributed by atoms with Gasteiger partial charge < -0.3 is 10.8 Å². The molecular formula is C39H30N2O2. The van der Waals surface area contributed by atoms with Crippen molar-refractivity contribution in [3.05, 3.63) is 138 Å². The van der Waals surface area contributed by atoms with Crippen LogP contribution < -0.4 is 10.6 Å². The zero-order chi connectivity index (χ0) is 29.1. The number of hydrogen-bond acceptors (Lipinski definition) is 2. The summed E-state index contributed by atoms with van der Waals surface area (Å²) in [4.78, 5) is 15.2. The highest BCUT2D eigenvalue weighted by Crippen LogP contribution is 2.46. The number of nitrogens with two attached hydrogens (primary N) is 1. The van der Waals surface area contributed by atoms with Crippen molar-refractivity contribution < 1.29 is 9.90 Å². The summed E-state index contributed by atoms with van der Waals surface area (Å²) in [6.45, 7) is 0. The maximum absolute atomic E-state index is 13.5. The first-order chi connectivity index (χ1) is 21.1. The average Bonchev–Trinajstić information content (AvgIpc) is 3.04. The van der Waals surface area contributed by atoms with E-state index >= 15 is 0 Å². The van der Waals surface area contributed by atoms with Crippen molar-refractivity contribution in [1.29, 1.82) is 0 Å². The Labute approximate surface area is 250 Å². The second kappa shape index (κ2) is 9.97. The molecule has 1 atom stereocenters. The Kier molecular flexibility index (Phi) is 5.92. The van der Waals surface area contributed by atoms with Crippen molar-refractivity contribution in [2.24, 2.45) is 5.73 Å². The molecule has 0 aliphatic heterocycles. The molecule has 2 aliphatic rings. The van der Waals surface area contributed by atoms with Crippen LogP contribution >= 0.6 is 0 Å². The van der Waals surface area contributed by atoms with Gasteiger partial charge in [-0.25, -0.2) is 4.79 Å². The van der Waals surface area contributed by atoms with Crippen LogP contribution in [0.3, 0.4) is 0 Å². The first-order valence-corrected chi connectivity index (χ1v) is 14.8. The fourth-order valence-corrected chi connectivity index (χ4v) is 7.21. The van der Waals surface area contributed by atoms with E-state index in [9.17, 15) is 9.90 Å². The minimum atomic E-state index is -0.534. The third kappa shape index (κ3) is 3.98. The normalized spacial score (nSPS) is 16.0. The third-order valence-corrected chi connectivity index (χ3v) is 9.14. The largest absolute Gasteiger partial charge is 0.388 e. The summed E-state index contributed by atoms with van der Waals surface area (Å²) in [6, 6.07) is 36.8. The summed E-state index contributed by atoms with van der Waals surface area (Å²) in [5.41, 5.74) is 14.6. The summed E-state index contributed by atoms with van der Waals surface area (Å²) < 4.78 is 0. The highest BCUT2D eigenvalue weighted by molar-refractivity contribution is 6.17. The average molecular weight is 559 g/mol. The van der Waals surface area contributed by atoms with Crippen molar-refractivity contribution in [3.63, 3.8) is 0 Å².